The van der Waals surface area contributed by atoms with Crippen molar-refractivity contribution in [3.05, 3.63) is 14.0 Å². The lowest BCUT2D eigenvalue weighted by molar-refractivity contribution is 0.357. The Morgan fingerprint density at radius 3 is 2.30 bits per heavy atom. The molecule has 0 saturated carbocycles. The fraction of sp³-hybridized carbons (Fsp3) is 0.778. The zero-order chi connectivity index (χ0) is 7.82. The van der Waals surface area contributed by atoms with Crippen LogP contribution in [0.2, 0.25) is 0 Å². The minimum Gasteiger partial charge on any atom is -0.302 e. The molecule has 0 aliphatic heterocycles. The molecule has 0 saturated heterocycles. The zero-order valence-corrected chi connectivity index (χ0v) is 7.10. The number of rotatable bonds is 6. The van der Waals surface area contributed by atoms with E-state index in [0.717, 1.165) is 19.5 Å². The van der Waals surface area contributed by atoms with Gasteiger partial charge in [-0.2, -0.15) is 0 Å². The van der Waals surface area contributed by atoms with Gasteiger partial charge in [-0.1, -0.05) is 26.7 Å². The van der Waals surface area contributed by atoms with Gasteiger partial charge in [0, 0.05) is 7.05 Å². The van der Waals surface area contributed by atoms with Crippen LogP contribution in [0.4, 0.5) is 0 Å². The predicted molar refractivity (Wildman–Crippen MR) is 46.4 cm³/mol. The van der Waals surface area contributed by atoms with Crippen molar-refractivity contribution in [1.82, 2.24) is 4.90 Å². The van der Waals surface area contributed by atoms with E-state index in [9.17, 15) is 0 Å². The molecule has 0 aromatic rings. The van der Waals surface area contributed by atoms with Crippen molar-refractivity contribution in [2.45, 2.75) is 32.6 Å². The fourth-order valence-electron chi connectivity index (χ4n) is 0.829. The third-order valence-corrected chi connectivity index (χ3v) is 1.55. The van der Waals surface area contributed by atoms with Gasteiger partial charge in [0.15, 0.2) is 0 Å². The number of unbranched alkanes of at least 4 members (excludes halogenated alkanes) is 2. The molecule has 0 N–H and O–H groups in total. The van der Waals surface area contributed by atoms with Gasteiger partial charge in [0.2, 0.25) is 0 Å². The number of hydrogen-bond acceptors (Lipinski definition) is 1. The molecule has 10 heavy (non-hydrogen) atoms. The first kappa shape index (κ1) is 9.96. The maximum atomic E-state index is 3.92. The van der Waals surface area contributed by atoms with Gasteiger partial charge in [-0.3, -0.25) is 0 Å². The first-order chi connectivity index (χ1) is 4.81. The minimum atomic E-state index is 1.03. The van der Waals surface area contributed by atoms with Gasteiger partial charge < -0.3 is 4.90 Å². The van der Waals surface area contributed by atoms with Crippen LogP contribution in [0.15, 0.2) is 0 Å². The van der Waals surface area contributed by atoms with Crippen molar-refractivity contribution < 1.29 is 0 Å². The maximum Gasteiger partial charge on any atom is 0.0109 e. The molecule has 0 unspecified atom stereocenters. The Labute approximate surface area is 65.4 Å². The van der Waals surface area contributed by atoms with Crippen LogP contribution < -0.4 is 0 Å². The molecule has 60 valence electrons. The van der Waals surface area contributed by atoms with E-state index >= 15 is 0 Å². The zero-order valence-electron chi connectivity index (χ0n) is 7.10. The van der Waals surface area contributed by atoms with E-state index in [1.165, 1.54) is 19.3 Å². The van der Waals surface area contributed by atoms with Crippen molar-refractivity contribution >= 4 is 0 Å². The second-order valence-corrected chi connectivity index (χ2v) is 2.68. The standard InChI is InChI=1S/C9H19N/c1-4-6-8-10(3)9-7-5-2/h1,3-9H2,2H3. The lowest BCUT2D eigenvalue weighted by atomic mass is 10.3. The molecule has 0 heterocycles. The van der Waals surface area contributed by atoms with E-state index in [2.05, 4.69) is 25.8 Å². The molecule has 1 heteroatoms. The van der Waals surface area contributed by atoms with Crippen LogP contribution in [-0.2, 0) is 0 Å². The SMILES string of the molecule is [CH2]CCCN([CH2])CCCC. The van der Waals surface area contributed by atoms with E-state index in [1.807, 2.05) is 0 Å². The predicted octanol–water partition coefficient (Wildman–Crippen LogP) is 2.49. The summed E-state index contributed by atoms with van der Waals surface area (Å²) in [4.78, 5) is 2.13. The molecule has 0 spiro atoms. The summed E-state index contributed by atoms with van der Waals surface area (Å²) in [6.45, 7) is 8.22. The first-order valence-electron chi connectivity index (χ1n) is 4.16. The Balaban J connectivity index is 3.00. The average molecular weight is 141 g/mol. The summed E-state index contributed by atoms with van der Waals surface area (Å²) in [5.41, 5.74) is 0. The summed E-state index contributed by atoms with van der Waals surface area (Å²) in [5.74, 6) is 0. The van der Waals surface area contributed by atoms with Crippen LogP contribution in [-0.4, -0.2) is 18.0 Å². The molecular weight excluding hydrogens is 122 g/mol. The molecule has 0 bridgehead atoms. The Hall–Kier alpha value is -0.0400. The van der Waals surface area contributed by atoms with Gasteiger partial charge in [-0.05, 0) is 25.9 Å². The molecule has 0 aliphatic carbocycles. The van der Waals surface area contributed by atoms with Gasteiger partial charge in [-0.15, -0.1) is 0 Å². The molecule has 0 aromatic carbocycles. The van der Waals surface area contributed by atoms with Gasteiger partial charge in [0.1, 0.15) is 0 Å². The highest BCUT2D eigenvalue weighted by Crippen LogP contribution is 1.95. The monoisotopic (exact) mass is 141 g/mol. The molecule has 0 atom stereocenters. The van der Waals surface area contributed by atoms with Gasteiger partial charge >= 0.3 is 0 Å². The molecular formula is C9H19N. The topological polar surface area (TPSA) is 3.24 Å². The minimum absolute atomic E-state index is 1.03. The second-order valence-electron chi connectivity index (χ2n) is 2.68. The van der Waals surface area contributed by atoms with Crippen molar-refractivity contribution in [3.8, 4) is 0 Å². The molecule has 2 radical (unpaired) electrons. The third kappa shape index (κ3) is 6.09. The Bertz CT molecular complexity index is 53.7. The van der Waals surface area contributed by atoms with Crippen molar-refractivity contribution in [2.75, 3.05) is 13.1 Å². The van der Waals surface area contributed by atoms with E-state index in [1.54, 1.807) is 0 Å². The molecule has 0 fully saturated rings. The highest BCUT2D eigenvalue weighted by Gasteiger charge is 1.94. The molecule has 0 amide bonds. The van der Waals surface area contributed by atoms with E-state index < -0.39 is 0 Å². The smallest absolute Gasteiger partial charge is 0.0109 e. The normalized spacial score (nSPS) is 10.8. The largest absolute Gasteiger partial charge is 0.302 e. The Morgan fingerprint density at radius 2 is 1.80 bits per heavy atom. The van der Waals surface area contributed by atoms with Gasteiger partial charge in [-0.25, -0.2) is 0 Å². The second kappa shape index (κ2) is 7.07. The third-order valence-electron chi connectivity index (χ3n) is 1.55. The van der Waals surface area contributed by atoms with E-state index in [0.29, 0.717) is 0 Å². The fourth-order valence-corrected chi connectivity index (χ4v) is 0.829. The number of hydrogen-bond donors (Lipinski definition) is 0. The Kier molecular flexibility index (Phi) is 7.04. The van der Waals surface area contributed by atoms with Crippen LogP contribution in [0.5, 0.6) is 0 Å². The van der Waals surface area contributed by atoms with Crippen LogP contribution in [0, 0.1) is 14.0 Å². The van der Waals surface area contributed by atoms with E-state index in [4.69, 9.17) is 0 Å². The summed E-state index contributed by atoms with van der Waals surface area (Å²) in [6.07, 6.45) is 4.72. The summed E-state index contributed by atoms with van der Waals surface area (Å²) in [7, 11) is 3.92. The molecule has 0 aliphatic rings. The van der Waals surface area contributed by atoms with E-state index in [-0.39, 0.29) is 0 Å². The van der Waals surface area contributed by atoms with Crippen LogP contribution in [0.1, 0.15) is 32.6 Å². The maximum absolute atomic E-state index is 3.92. The summed E-state index contributed by atoms with van der Waals surface area (Å²) < 4.78 is 0. The number of nitrogens with zero attached hydrogens (tertiary/aromatic N) is 1. The molecule has 1 nitrogen and oxygen atoms in total. The molecule has 0 aromatic heterocycles. The lowest BCUT2D eigenvalue weighted by Gasteiger charge is -2.14. The van der Waals surface area contributed by atoms with Crippen molar-refractivity contribution in [1.29, 1.82) is 0 Å². The molecule has 0 rings (SSSR count). The quantitative estimate of drug-likeness (QED) is 0.549. The van der Waals surface area contributed by atoms with Crippen molar-refractivity contribution in [2.24, 2.45) is 0 Å². The Morgan fingerprint density at radius 1 is 1.20 bits per heavy atom. The van der Waals surface area contributed by atoms with Crippen molar-refractivity contribution in [3.63, 3.8) is 0 Å². The summed E-state index contributed by atoms with van der Waals surface area (Å²) >= 11 is 0. The van der Waals surface area contributed by atoms with Gasteiger partial charge in [0.25, 0.3) is 0 Å². The summed E-state index contributed by atoms with van der Waals surface area (Å²) in [5, 5.41) is 0. The highest BCUT2D eigenvalue weighted by molar-refractivity contribution is 4.55. The van der Waals surface area contributed by atoms with Crippen LogP contribution in [0.3, 0.4) is 0 Å². The van der Waals surface area contributed by atoms with Crippen LogP contribution >= 0.6 is 0 Å². The first-order valence-corrected chi connectivity index (χ1v) is 4.16. The lowest BCUT2D eigenvalue weighted by Crippen LogP contribution is -2.18. The highest BCUT2D eigenvalue weighted by atomic mass is 15.1. The van der Waals surface area contributed by atoms with Gasteiger partial charge in [0.05, 0.1) is 0 Å². The summed E-state index contributed by atoms with van der Waals surface area (Å²) in [6, 6.07) is 0. The van der Waals surface area contributed by atoms with Crippen LogP contribution in [0.25, 0.3) is 0 Å². The average Bonchev–Trinajstić information content (AvgIpc) is 1.97.